The van der Waals surface area contributed by atoms with Crippen LogP contribution < -0.4 is 0 Å². The number of nitrogens with zero attached hydrogens (tertiary/aromatic N) is 1. The molecule has 2 heterocycles. The summed E-state index contributed by atoms with van der Waals surface area (Å²) in [4.78, 5) is 15.1. The minimum atomic E-state index is 0.235. The fraction of sp³-hybridized carbons (Fsp3) is 0.944. The first-order valence-corrected chi connectivity index (χ1v) is 8.62. The second kappa shape index (κ2) is 5.03. The van der Waals surface area contributed by atoms with E-state index in [1.165, 1.54) is 32.1 Å². The molecule has 2 heteroatoms. The Labute approximate surface area is 124 Å². The fourth-order valence-corrected chi connectivity index (χ4v) is 4.78. The molecule has 2 nitrogen and oxygen atoms in total. The van der Waals surface area contributed by atoms with Crippen LogP contribution in [0.15, 0.2) is 0 Å². The first kappa shape index (κ1) is 14.4. The molecule has 2 aliphatic heterocycles. The Kier molecular flexibility index (Phi) is 3.63. The normalized spacial score (nSPS) is 37.9. The average Bonchev–Trinajstić information content (AvgIpc) is 2.52. The molecule has 3 atom stereocenters. The molecule has 3 unspecified atom stereocenters. The summed E-state index contributed by atoms with van der Waals surface area (Å²) in [5.41, 5.74) is 0.235. The molecule has 20 heavy (non-hydrogen) atoms. The van der Waals surface area contributed by atoms with E-state index in [1.54, 1.807) is 0 Å². The predicted octanol–water partition coefficient (Wildman–Crippen LogP) is 4.10. The Bertz CT molecular complexity index is 369. The molecule has 114 valence electrons. The molecule has 4 fully saturated rings. The van der Waals surface area contributed by atoms with Crippen molar-refractivity contribution in [3.05, 3.63) is 0 Å². The SMILES string of the molecule is CC(CC(=O)N1CC2CC3CC(C2)CC1C3)C(C)(C)C. The van der Waals surface area contributed by atoms with Crippen molar-refractivity contribution in [1.82, 2.24) is 4.90 Å². The minimum Gasteiger partial charge on any atom is -0.339 e. The van der Waals surface area contributed by atoms with Crippen LogP contribution in [-0.2, 0) is 4.79 Å². The van der Waals surface area contributed by atoms with Gasteiger partial charge in [-0.2, -0.15) is 0 Å². The first-order chi connectivity index (χ1) is 9.33. The number of hydrogen-bond acceptors (Lipinski definition) is 1. The van der Waals surface area contributed by atoms with Gasteiger partial charge in [0.25, 0.3) is 0 Å². The minimum absolute atomic E-state index is 0.235. The Balaban J connectivity index is 1.69. The third-order valence-electron chi connectivity index (χ3n) is 6.39. The van der Waals surface area contributed by atoms with E-state index in [1.807, 2.05) is 0 Å². The molecule has 0 aromatic rings. The van der Waals surface area contributed by atoms with Crippen LogP contribution in [0, 0.1) is 29.1 Å². The first-order valence-electron chi connectivity index (χ1n) is 8.62. The van der Waals surface area contributed by atoms with E-state index < -0.39 is 0 Å². The number of amides is 1. The Morgan fingerprint density at radius 3 is 2.15 bits per heavy atom. The van der Waals surface area contributed by atoms with Gasteiger partial charge in [-0.05, 0) is 61.2 Å². The molecule has 0 aromatic heterocycles. The smallest absolute Gasteiger partial charge is 0.223 e. The van der Waals surface area contributed by atoms with Crippen LogP contribution in [-0.4, -0.2) is 23.4 Å². The highest BCUT2D eigenvalue weighted by atomic mass is 16.2. The molecule has 0 spiro atoms. The zero-order chi connectivity index (χ0) is 14.5. The van der Waals surface area contributed by atoms with Crippen LogP contribution in [0.1, 0.15) is 66.2 Å². The Hall–Kier alpha value is -0.530. The maximum absolute atomic E-state index is 12.8. The van der Waals surface area contributed by atoms with Crippen LogP contribution >= 0.6 is 0 Å². The molecule has 1 amide bonds. The maximum atomic E-state index is 12.8. The van der Waals surface area contributed by atoms with Crippen LogP contribution in [0.3, 0.4) is 0 Å². The van der Waals surface area contributed by atoms with Crippen molar-refractivity contribution in [1.29, 1.82) is 0 Å². The number of rotatable bonds is 2. The lowest BCUT2D eigenvalue weighted by Gasteiger charge is -2.39. The van der Waals surface area contributed by atoms with Gasteiger partial charge in [0.05, 0.1) is 0 Å². The van der Waals surface area contributed by atoms with Gasteiger partial charge in [0, 0.05) is 19.0 Å². The van der Waals surface area contributed by atoms with E-state index in [2.05, 4.69) is 32.6 Å². The van der Waals surface area contributed by atoms with Crippen LogP contribution in [0.2, 0.25) is 0 Å². The van der Waals surface area contributed by atoms with E-state index in [0.29, 0.717) is 17.9 Å². The van der Waals surface area contributed by atoms with Crippen molar-refractivity contribution >= 4 is 5.91 Å². The number of fused-ring (bicyclic) bond motifs is 1. The zero-order valence-electron chi connectivity index (χ0n) is 13.7. The Morgan fingerprint density at radius 2 is 1.60 bits per heavy atom. The third kappa shape index (κ3) is 2.76. The fourth-order valence-electron chi connectivity index (χ4n) is 4.78. The topological polar surface area (TPSA) is 20.3 Å². The standard InChI is InChI=1S/C18H31NO/c1-12(18(2,3)4)5-17(20)19-11-15-7-13-6-14(8-15)10-16(19)9-13/h12-16H,5-11H2,1-4H3. The van der Waals surface area contributed by atoms with Gasteiger partial charge in [0.15, 0.2) is 0 Å². The predicted molar refractivity (Wildman–Crippen MR) is 82.3 cm³/mol. The maximum Gasteiger partial charge on any atom is 0.223 e. The summed E-state index contributed by atoms with van der Waals surface area (Å²) in [6.45, 7) is 10.1. The summed E-state index contributed by atoms with van der Waals surface area (Å²) in [5, 5.41) is 0. The zero-order valence-corrected chi connectivity index (χ0v) is 13.7. The van der Waals surface area contributed by atoms with Gasteiger partial charge in [0.1, 0.15) is 0 Å². The lowest BCUT2D eigenvalue weighted by Crippen LogP contribution is -2.43. The highest BCUT2D eigenvalue weighted by Gasteiger charge is 2.44. The van der Waals surface area contributed by atoms with Crippen molar-refractivity contribution in [2.45, 2.75) is 72.3 Å². The Morgan fingerprint density at radius 1 is 1.05 bits per heavy atom. The van der Waals surface area contributed by atoms with E-state index in [0.717, 1.165) is 30.7 Å². The van der Waals surface area contributed by atoms with E-state index in [4.69, 9.17) is 0 Å². The molecule has 2 saturated heterocycles. The van der Waals surface area contributed by atoms with Gasteiger partial charge < -0.3 is 4.90 Å². The van der Waals surface area contributed by atoms with Gasteiger partial charge in [-0.25, -0.2) is 0 Å². The number of hydrogen-bond donors (Lipinski definition) is 0. The van der Waals surface area contributed by atoms with E-state index in [-0.39, 0.29) is 5.41 Å². The summed E-state index contributed by atoms with van der Waals surface area (Å²) in [7, 11) is 0. The van der Waals surface area contributed by atoms with Gasteiger partial charge in [-0.15, -0.1) is 0 Å². The molecular formula is C18H31NO. The highest BCUT2D eigenvalue weighted by Crippen LogP contribution is 2.47. The highest BCUT2D eigenvalue weighted by molar-refractivity contribution is 5.77. The van der Waals surface area contributed by atoms with Crippen LogP contribution in [0.25, 0.3) is 0 Å². The summed E-state index contributed by atoms with van der Waals surface area (Å²) >= 11 is 0. The quantitative estimate of drug-likeness (QED) is 0.744. The van der Waals surface area contributed by atoms with E-state index >= 15 is 0 Å². The summed E-state index contributed by atoms with van der Waals surface area (Å²) in [6, 6.07) is 0.575. The molecule has 0 N–H and O–H groups in total. The number of carbonyl (C=O) groups is 1. The van der Waals surface area contributed by atoms with Crippen molar-refractivity contribution in [2.75, 3.05) is 6.54 Å². The molecular weight excluding hydrogens is 246 g/mol. The van der Waals surface area contributed by atoms with Crippen LogP contribution in [0.4, 0.5) is 0 Å². The molecule has 4 rings (SSSR count). The van der Waals surface area contributed by atoms with Crippen molar-refractivity contribution in [3.63, 3.8) is 0 Å². The largest absolute Gasteiger partial charge is 0.339 e. The molecule has 4 bridgehead atoms. The lowest BCUT2D eigenvalue weighted by molar-refractivity contribution is -0.135. The second-order valence-corrected chi connectivity index (χ2v) is 8.95. The molecule has 2 aliphatic carbocycles. The monoisotopic (exact) mass is 277 g/mol. The van der Waals surface area contributed by atoms with Gasteiger partial charge in [-0.3, -0.25) is 4.79 Å². The van der Waals surface area contributed by atoms with Gasteiger partial charge >= 0.3 is 0 Å². The summed E-state index contributed by atoms with van der Waals surface area (Å²) in [5.74, 6) is 3.56. The average molecular weight is 277 g/mol. The van der Waals surface area contributed by atoms with Gasteiger partial charge in [-0.1, -0.05) is 27.7 Å². The van der Waals surface area contributed by atoms with Crippen molar-refractivity contribution in [2.24, 2.45) is 29.1 Å². The van der Waals surface area contributed by atoms with Crippen molar-refractivity contribution < 1.29 is 4.79 Å². The molecule has 0 aromatic carbocycles. The van der Waals surface area contributed by atoms with Gasteiger partial charge in [0.2, 0.25) is 5.91 Å². The lowest BCUT2D eigenvalue weighted by atomic mass is 9.68. The second-order valence-electron chi connectivity index (χ2n) is 8.95. The molecule has 0 radical (unpaired) electrons. The van der Waals surface area contributed by atoms with Crippen molar-refractivity contribution in [3.8, 4) is 0 Å². The summed E-state index contributed by atoms with van der Waals surface area (Å²) < 4.78 is 0. The molecule has 2 saturated carbocycles. The third-order valence-corrected chi connectivity index (χ3v) is 6.39. The summed E-state index contributed by atoms with van der Waals surface area (Å²) in [6.07, 6.45) is 7.57. The van der Waals surface area contributed by atoms with E-state index in [9.17, 15) is 4.79 Å². The van der Waals surface area contributed by atoms with Crippen LogP contribution in [0.5, 0.6) is 0 Å². The molecule has 4 aliphatic rings. The number of carbonyl (C=O) groups excluding carboxylic acids is 1.